The van der Waals surface area contributed by atoms with Crippen molar-refractivity contribution in [1.29, 1.82) is 0 Å². The van der Waals surface area contributed by atoms with E-state index in [1.54, 1.807) is 17.7 Å². The summed E-state index contributed by atoms with van der Waals surface area (Å²) in [7, 11) is 0. The Morgan fingerprint density at radius 1 is 1.27 bits per heavy atom. The first-order chi connectivity index (χ1) is 14.8. The van der Waals surface area contributed by atoms with Crippen molar-refractivity contribution in [3.63, 3.8) is 0 Å². The first-order valence-electron chi connectivity index (χ1n) is 10.9. The highest BCUT2D eigenvalue weighted by molar-refractivity contribution is 7.99. The molecule has 0 bridgehead atoms. The summed E-state index contributed by atoms with van der Waals surface area (Å²) in [4.78, 5) is 16.5. The lowest BCUT2D eigenvalue weighted by molar-refractivity contribution is -0.119. The third kappa shape index (κ3) is 5.63. The minimum absolute atomic E-state index is 0.0750. The standard InChI is InChI=1S/C21H31N5O2S2/c27-19(15-30-20-24-23-17-25(20)9-6-18-5-4-14-29-18)22-16-21(7-2-1-3-8-21)26-10-12-28-13-11-26/h4-5,14,17H,1-3,6-13,15-16H2,(H,22,27). The molecule has 30 heavy (non-hydrogen) atoms. The number of thiophene rings is 1. The number of aromatic nitrogens is 3. The van der Waals surface area contributed by atoms with Crippen molar-refractivity contribution in [2.45, 2.75) is 55.8 Å². The Bertz CT molecular complexity index is 783. The number of morpholine rings is 1. The summed E-state index contributed by atoms with van der Waals surface area (Å²) in [5.74, 6) is 0.447. The van der Waals surface area contributed by atoms with Gasteiger partial charge >= 0.3 is 0 Å². The van der Waals surface area contributed by atoms with Gasteiger partial charge in [0.25, 0.3) is 0 Å². The van der Waals surface area contributed by atoms with Crippen LogP contribution < -0.4 is 5.32 Å². The van der Waals surface area contributed by atoms with Crippen LogP contribution >= 0.6 is 23.1 Å². The smallest absolute Gasteiger partial charge is 0.230 e. The van der Waals surface area contributed by atoms with Crippen molar-refractivity contribution < 1.29 is 9.53 Å². The molecule has 2 aromatic rings. The SMILES string of the molecule is O=C(CSc1nncn1CCc1cccs1)NCC1(N2CCOCC2)CCCCC1. The molecule has 0 aromatic carbocycles. The summed E-state index contributed by atoms with van der Waals surface area (Å²) in [6, 6.07) is 4.22. The Morgan fingerprint density at radius 3 is 2.87 bits per heavy atom. The molecule has 1 saturated heterocycles. The van der Waals surface area contributed by atoms with Crippen molar-refractivity contribution in [2.75, 3.05) is 38.6 Å². The monoisotopic (exact) mass is 449 g/mol. The molecule has 2 fully saturated rings. The van der Waals surface area contributed by atoms with E-state index in [0.29, 0.717) is 5.75 Å². The first-order valence-corrected chi connectivity index (χ1v) is 12.7. The molecule has 7 nitrogen and oxygen atoms in total. The highest BCUT2D eigenvalue weighted by Gasteiger charge is 2.38. The quantitative estimate of drug-likeness (QED) is 0.594. The van der Waals surface area contributed by atoms with E-state index in [1.807, 2.05) is 4.57 Å². The van der Waals surface area contributed by atoms with Crippen LogP contribution in [0.4, 0.5) is 0 Å². The highest BCUT2D eigenvalue weighted by Crippen LogP contribution is 2.34. The molecule has 0 radical (unpaired) electrons. The number of carbonyl (C=O) groups is 1. The molecule has 1 N–H and O–H groups in total. The Balaban J connectivity index is 1.26. The number of rotatable bonds is 9. The number of thioether (sulfide) groups is 1. The van der Waals surface area contributed by atoms with Crippen LogP contribution in [0.3, 0.4) is 0 Å². The van der Waals surface area contributed by atoms with E-state index in [2.05, 4.69) is 37.9 Å². The molecule has 1 aliphatic carbocycles. The molecular formula is C21H31N5O2S2. The van der Waals surface area contributed by atoms with E-state index in [4.69, 9.17) is 4.74 Å². The summed E-state index contributed by atoms with van der Waals surface area (Å²) in [6.45, 7) is 5.10. The second-order valence-electron chi connectivity index (χ2n) is 8.09. The van der Waals surface area contributed by atoms with E-state index in [1.165, 1.54) is 35.9 Å². The largest absolute Gasteiger partial charge is 0.379 e. The molecule has 4 rings (SSSR count). The van der Waals surface area contributed by atoms with Crippen LogP contribution in [-0.4, -0.2) is 69.7 Å². The van der Waals surface area contributed by atoms with Gasteiger partial charge in [0, 0.05) is 36.6 Å². The zero-order valence-corrected chi connectivity index (χ0v) is 19.1. The summed E-state index contributed by atoms with van der Waals surface area (Å²) in [6.07, 6.45) is 8.83. The van der Waals surface area contributed by atoms with Crippen molar-refractivity contribution >= 4 is 29.0 Å². The topological polar surface area (TPSA) is 72.3 Å². The summed E-state index contributed by atoms with van der Waals surface area (Å²) in [5.41, 5.74) is 0.100. The van der Waals surface area contributed by atoms with Crippen LogP contribution in [0.25, 0.3) is 0 Å². The van der Waals surface area contributed by atoms with E-state index in [0.717, 1.165) is 63.8 Å². The van der Waals surface area contributed by atoms with Gasteiger partial charge in [0.15, 0.2) is 5.16 Å². The number of carbonyl (C=O) groups excluding carboxylic acids is 1. The van der Waals surface area contributed by atoms with Gasteiger partial charge in [0.2, 0.25) is 5.91 Å². The molecular weight excluding hydrogens is 418 g/mol. The van der Waals surface area contributed by atoms with Crippen LogP contribution in [-0.2, 0) is 22.5 Å². The summed E-state index contributed by atoms with van der Waals surface area (Å²) in [5, 5.41) is 14.4. The third-order valence-corrected chi connectivity index (χ3v) is 8.09. The molecule has 9 heteroatoms. The van der Waals surface area contributed by atoms with E-state index >= 15 is 0 Å². The molecule has 2 aliphatic rings. The fourth-order valence-electron chi connectivity index (χ4n) is 4.49. The van der Waals surface area contributed by atoms with Crippen molar-refractivity contribution in [2.24, 2.45) is 0 Å². The van der Waals surface area contributed by atoms with Crippen LogP contribution in [0, 0.1) is 0 Å². The van der Waals surface area contributed by atoms with Gasteiger partial charge in [-0.1, -0.05) is 37.1 Å². The molecule has 1 saturated carbocycles. The van der Waals surface area contributed by atoms with Crippen molar-refractivity contribution in [3.8, 4) is 0 Å². The maximum Gasteiger partial charge on any atom is 0.230 e. The van der Waals surface area contributed by atoms with Gasteiger partial charge in [0.1, 0.15) is 6.33 Å². The van der Waals surface area contributed by atoms with Gasteiger partial charge in [-0.25, -0.2) is 0 Å². The Labute approximate surface area is 186 Å². The minimum Gasteiger partial charge on any atom is -0.379 e. The van der Waals surface area contributed by atoms with Gasteiger partial charge < -0.3 is 14.6 Å². The summed E-state index contributed by atoms with van der Waals surface area (Å²) < 4.78 is 7.58. The summed E-state index contributed by atoms with van der Waals surface area (Å²) >= 11 is 3.23. The fourth-order valence-corrected chi connectivity index (χ4v) is 5.96. The number of amides is 1. The van der Waals surface area contributed by atoms with Crippen LogP contribution in [0.2, 0.25) is 0 Å². The average molecular weight is 450 g/mol. The normalized spacial score (nSPS) is 19.6. The number of nitrogens with one attached hydrogen (secondary N) is 1. The minimum atomic E-state index is 0.0750. The molecule has 0 spiro atoms. The van der Waals surface area contributed by atoms with Crippen LogP contribution in [0.15, 0.2) is 29.0 Å². The van der Waals surface area contributed by atoms with Gasteiger partial charge in [-0.15, -0.1) is 21.5 Å². The number of hydrogen-bond donors (Lipinski definition) is 1. The number of aryl methyl sites for hydroxylation is 2. The van der Waals surface area contributed by atoms with Gasteiger partial charge in [0.05, 0.1) is 19.0 Å². The predicted octanol–water partition coefficient (Wildman–Crippen LogP) is 2.83. The predicted molar refractivity (Wildman–Crippen MR) is 120 cm³/mol. The molecule has 164 valence electrons. The molecule has 0 unspecified atom stereocenters. The van der Waals surface area contributed by atoms with E-state index in [-0.39, 0.29) is 11.4 Å². The molecule has 0 atom stereocenters. The van der Waals surface area contributed by atoms with Crippen LogP contribution in [0.5, 0.6) is 0 Å². The Morgan fingerprint density at radius 2 is 2.10 bits per heavy atom. The number of ether oxygens (including phenoxy) is 1. The molecule has 1 amide bonds. The molecule has 3 heterocycles. The first kappa shape index (κ1) is 21.8. The lowest BCUT2D eigenvalue weighted by atomic mass is 9.79. The number of nitrogens with zero attached hydrogens (tertiary/aromatic N) is 4. The van der Waals surface area contributed by atoms with E-state index < -0.39 is 0 Å². The molecule has 1 aliphatic heterocycles. The van der Waals surface area contributed by atoms with Gasteiger partial charge in [-0.05, 0) is 30.7 Å². The maximum absolute atomic E-state index is 12.6. The van der Waals surface area contributed by atoms with E-state index in [9.17, 15) is 4.79 Å². The number of hydrogen-bond acceptors (Lipinski definition) is 7. The second kappa shape index (κ2) is 10.7. The fraction of sp³-hybridized carbons (Fsp3) is 0.667. The van der Waals surface area contributed by atoms with Gasteiger partial charge in [-0.2, -0.15) is 0 Å². The second-order valence-corrected chi connectivity index (χ2v) is 10.1. The zero-order chi connectivity index (χ0) is 20.7. The zero-order valence-electron chi connectivity index (χ0n) is 17.4. The van der Waals surface area contributed by atoms with Crippen molar-refractivity contribution in [3.05, 3.63) is 28.7 Å². The molecule has 2 aromatic heterocycles. The lowest BCUT2D eigenvalue weighted by Crippen LogP contribution is -2.59. The maximum atomic E-state index is 12.6. The van der Waals surface area contributed by atoms with Gasteiger partial charge in [-0.3, -0.25) is 9.69 Å². The third-order valence-electron chi connectivity index (χ3n) is 6.17. The highest BCUT2D eigenvalue weighted by atomic mass is 32.2. The Kier molecular flexibility index (Phi) is 7.81. The average Bonchev–Trinajstić information content (AvgIpc) is 3.48. The Hall–Kier alpha value is -1.42. The van der Waals surface area contributed by atoms with Crippen molar-refractivity contribution in [1.82, 2.24) is 25.0 Å². The lowest BCUT2D eigenvalue weighted by Gasteiger charge is -2.48. The van der Waals surface area contributed by atoms with Crippen LogP contribution in [0.1, 0.15) is 37.0 Å².